The molecule has 1 aromatic heterocycles. The number of rotatable bonds is 5. The highest BCUT2D eigenvalue weighted by Crippen LogP contribution is 2.24. The normalized spacial score (nSPS) is 14.4. The lowest BCUT2D eigenvalue weighted by Crippen LogP contribution is -2.48. The Kier molecular flexibility index (Phi) is 5.88. The van der Waals surface area contributed by atoms with Gasteiger partial charge in [0.2, 0.25) is 5.91 Å². The number of thiazole rings is 1. The van der Waals surface area contributed by atoms with Gasteiger partial charge in [0.25, 0.3) is 5.91 Å². The van der Waals surface area contributed by atoms with Crippen LogP contribution in [0.2, 0.25) is 0 Å². The van der Waals surface area contributed by atoms with Crippen molar-refractivity contribution in [3.8, 4) is 0 Å². The SMILES string of the molecule is CN(C)C(=O)c1cnc(N2CCN(C(=O)CCc3ccccc3)CC2)s1. The highest BCUT2D eigenvalue weighted by Gasteiger charge is 2.23. The quantitative estimate of drug-likeness (QED) is 0.807. The molecule has 6 nitrogen and oxygen atoms in total. The molecule has 0 aliphatic carbocycles. The van der Waals surface area contributed by atoms with Gasteiger partial charge in [0, 0.05) is 46.7 Å². The Balaban J connectivity index is 1.49. The molecule has 0 N–H and O–H groups in total. The molecule has 1 aromatic carbocycles. The second-order valence-corrected chi connectivity index (χ2v) is 7.57. The second-order valence-electron chi connectivity index (χ2n) is 6.56. The van der Waals surface area contributed by atoms with E-state index in [9.17, 15) is 9.59 Å². The summed E-state index contributed by atoms with van der Waals surface area (Å²) in [6, 6.07) is 10.1. The molecule has 0 atom stereocenters. The first kappa shape index (κ1) is 18.4. The molecule has 0 spiro atoms. The zero-order chi connectivity index (χ0) is 18.5. The van der Waals surface area contributed by atoms with Crippen LogP contribution in [0.3, 0.4) is 0 Å². The summed E-state index contributed by atoms with van der Waals surface area (Å²) in [6.07, 6.45) is 2.96. The number of benzene rings is 1. The summed E-state index contributed by atoms with van der Waals surface area (Å²) in [4.78, 5) is 35.1. The van der Waals surface area contributed by atoms with Crippen molar-refractivity contribution in [1.29, 1.82) is 0 Å². The number of carbonyl (C=O) groups excluding carboxylic acids is 2. The van der Waals surface area contributed by atoms with Gasteiger partial charge in [-0.25, -0.2) is 4.98 Å². The number of carbonyl (C=O) groups is 2. The van der Waals surface area contributed by atoms with E-state index < -0.39 is 0 Å². The van der Waals surface area contributed by atoms with Gasteiger partial charge in [-0.3, -0.25) is 9.59 Å². The number of anilines is 1. The Hall–Kier alpha value is -2.41. The van der Waals surface area contributed by atoms with Crippen LogP contribution in [0.1, 0.15) is 21.7 Å². The number of aryl methyl sites for hydroxylation is 1. The fraction of sp³-hybridized carbons (Fsp3) is 0.421. The second kappa shape index (κ2) is 8.31. The van der Waals surface area contributed by atoms with Gasteiger partial charge < -0.3 is 14.7 Å². The molecule has 3 rings (SSSR count). The minimum absolute atomic E-state index is 0.0246. The third kappa shape index (κ3) is 4.40. The molecule has 2 heterocycles. The van der Waals surface area contributed by atoms with Gasteiger partial charge in [0.1, 0.15) is 4.88 Å². The predicted molar refractivity (Wildman–Crippen MR) is 104 cm³/mol. The number of aromatic nitrogens is 1. The molecule has 1 fully saturated rings. The molecule has 26 heavy (non-hydrogen) atoms. The first-order valence-corrected chi connectivity index (χ1v) is 9.60. The van der Waals surface area contributed by atoms with Crippen molar-refractivity contribution in [2.24, 2.45) is 0 Å². The molecule has 1 saturated heterocycles. The Bertz CT molecular complexity index is 752. The highest BCUT2D eigenvalue weighted by atomic mass is 32.1. The molecule has 0 unspecified atom stereocenters. The van der Waals surface area contributed by atoms with Crippen LogP contribution in [0.5, 0.6) is 0 Å². The third-order valence-corrected chi connectivity index (χ3v) is 5.53. The topological polar surface area (TPSA) is 56.8 Å². The van der Waals surface area contributed by atoms with Crippen LogP contribution in [-0.2, 0) is 11.2 Å². The summed E-state index contributed by atoms with van der Waals surface area (Å²) >= 11 is 1.41. The first-order chi connectivity index (χ1) is 12.5. The minimum Gasteiger partial charge on any atom is -0.345 e. The summed E-state index contributed by atoms with van der Waals surface area (Å²) in [7, 11) is 3.48. The first-order valence-electron chi connectivity index (χ1n) is 8.78. The van der Waals surface area contributed by atoms with Crippen molar-refractivity contribution in [1.82, 2.24) is 14.8 Å². The molecular formula is C19H24N4O2S. The van der Waals surface area contributed by atoms with Gasteiger partial charge in [-0.1, -0.05) is 41.7 Å². The number of hydrogen-bond acceptors (Lipinski definition) is 5. The van der Waals surface area contributed by atoms with Gasteiger partial charge in [-0.05, 0) is 12.0 Å². The van der Waals surface area contributed by atoms with E-state index in [4.69, 9.17) is 0 Å². The molecular weight excluding hydrogens is 348 g/mol. The van der Waals surface area contributed by atoms with Crippen molar-refractivity contribution in [2.75, 3.05) is 45.2 Å². The smallest absolute Gasteiger partial charge is 0.265 e. The third-order valence-electron chi connectivity index (χ3n) is 4.48. The van der Waals surface area contributed by atoms with Crippen LogP contribution in [0.25, 0.3) is 0 Å². The van der Waals surface area contributed by atoms with Crippen LogP contribution in [0, 0.1) is 0 Å². The Morgan fingerprint density at radius 2 is 1.81 bits per heavy atom. The lowest BCUT2D eigenvalue weighted by molar-refractivity contribution is -0.131. The van der Waals surface area contributed by atoms with Gasteiger partial charge in [-0.15, -0.1) is 0 Å². The van der Waals surface area contributed by atoms with E-state index in [1.54, 1.807) is 25.2 Å². The van der Waals surface area contributed by atoms with Gasteiger partial charge in [-0.2, -0.15) is 0 Å². The Morgan fingerprint density at radius 3 is 2.46 bits per heavy atom. The summed E-state index contributed by atoms with van der Waals surface area (Å²) in [5.74, 6) is 0.180. The zero-order valence-electron chi connectivity index (χ0n) is 15.2. The summed E-state index contributed by atoms with van der Waals surface area (Å²) < 4.78 is 0. The largest absolute Gasteiger partial charge is 0.345 e. The molecule has 0 bridgehead atoms. The van der Waals surface area contributed by atoms with E-state index in [0.29, 0.717) is 24.4 Å². The fourth-order valence-electron chi connectivity index (χ4n) is 2.93. The lowest BCUT2D eigenvalue weighted by Gasteiger charge is -2.34. The summed E-state index contributed by atoms with van der Waals surface area (Å²) in [6.45, 7) is 2.90. The van der Waals surface area contributed by atoms with Crippen LogP contribution in [0.4, 0.5) is 5.13 Å². The van der Waals surface area contributed by atoms with Crippen molar-refractivity contribution in [3.05, 3.63) is 47.0 Å². The van der Waals surface area contributed by atoms with Crippen LogP contribution in [0.15, 0.2) is 36.5 Å². The van der Waals surface area contributed by atoms with Crippen molar-refractivity contribution in [2.45, 2.75) is 12.8 Å². The standard InChI is InChI=1S/C19H24N4O2S/c1-21(2)18(25)16-14-20-19(26-16)23-12-10-22(11-13-23)17(24)9-8-15-6-4-3-5-7-15/h3-7,14H,8-13H2,1-2H3. The van der Waals surface area contributed by atoms with E-state index in [1.807, 2.05) is 23.1 Å². The average molecular weight is 372 g/mol. The average Bonchev–Trinajstić information content (AvgIpc) is 3.16. The molecule has 0 radical (unpaired) electrons. The number of hydrogen-bond donors (Lipinski definition) is 0. The predicted octanol–water partition coefficient (Wildman–Crippen LogP) is 2.13. The van der Waals surface area contributed by atoms with E-state index in [-0.39, 0.29) is 11.8 Å². The molecule has 7 heteroatoms. The van der Waals surface area contributed by atoms with Gasteiger partial charge >= 0.3 is 0 Å². The maximum absolute atomic E-state index is 12.4. The number of amides is 2. The monoisotopic (exact) mass is 372 g/mol. The van der Waals surface area contributed by atoms with E-state index in [2.05, 4.69) is 22.0 Å². The van der Waals surface area contributed by atoms with Crippen LogP contribution in [-0.4, -0.2) is 66.9 Å². The Labute approximate surface area is 158 Å². The van der Waals surface area contributed by atoms with Crippen molar-refractivity contribution < 1.29 is 9.59 Å². The van der Waals surface area contributed by atoms with E-state index in [0.717, 1.165) is 24.6 Å². The molecule has 2 amide bonds. The fourth-order valence-corrected chi connectivity index (χ4v) is 3.92. The summed E-state index contributed by atoms with van der Waals surface area (Å²) in [5.41, 5.74) is 1.19. The van der Waals surface area contributed by atoms with Crippen molar-refractivity contribution >= 4 is 28.3 Å². The maximum atomic E-state index is 12.4. The Morgan fingerprint density at radius 1 is 1.12 bits per heavy atom. The maximum Gasteiger partial charge on any atom is 0.265 e. The molecule has 1 aliphatic heterocycles. The number of nitrogens with zero attached hydrogens (tertiary/aromatic N) is 4. The van der Waals surface area contributed by atoms with Crippen molar-refractivity contribution in [3.63, 3.8) is 0 Å². The zero-order valence-corrected chi connectivity index (χ0v) is 16.0. The minimum atomic E-state index is -0.0246. The van der Waals surface area contributed by atoms with E-state index >= 15 is 0 Å². The molecule has 1 aliphatic rings. The van der Waals surface area contributed by atoms with E-state index in [1.165, 1.54) is 16.9 Å². The molecule has 2 aromatic rings. The van der Waals surface area contributed by atoms with Crippen LogP contribution < -0.4 is 4.90 Å². The summed E-state index contributed by atoms with van der Waals surface area (Å²) in [5, 5.41) is 0.853. The number of piperazine rings is 1. The van der Waals surface area contributed by atoms with Crippen LogP contribution >= 0.6 is 11.3 Å². The molecule has 0 saturated carbocycles. The van der Waals surface area contributed by atoms with Gasteiger partial charge in [0.05, 0.1) is 6.20 Å². The lowest BCUT2D eigenvalue weighted by atomic mass is 10.1. The highest BCUT2D eigenvalue weighted by molar-refractivity contribution is 7.17. The van der Waals surface area contributed by atoms with Gasteiger partial charge in [0.15, 0.2) is 5.13 Å². The molecule has 138 valence electrons.